The van der Waals surface area contributed by atoms with Gasteiger partial charge in [-0.25, -0.2) is 13.1 Å². The smallest absolute Gasteiger partial charge is 0.243 e. The maximum Gasteiger partial charge on any atom is 0.243 e. The van der Waals surface area contributed by atoms with Gasteiger partial charge in [0, 0.05) is 6.54 Å². The molecule has 0 bridgehead atoms. The Morgan fingerprint density at radius 1 is 1.44 bits per heavy atom. The van der Waals surface area contributed by atoms with Crippen molar-refractivity contribution in [1.82, 2.24) is 4.72 Å². The summed E-state index contributed by atoms with van der Waals surface area (Å²) in [5, 5.41) is 9.79. The van der Waals surface area contributed by atoms with E-state index in [0.717, 1.165) is 11.3 Å². The van der Waals surface area contributed by atoms with Gasteiger partial charge in [0.1, 0.15) is 9.23 Å². The predicted octanol–water partition coefficient (Wildman–Crippen LogP) is 2.74. The van der Waals surface area contributed by atoms with E-state index >= 15 is 0 Å². The first-order valence-electron chi connectivity index (χ1n) is 5.16. The van der Waals surface area contributed by atoms with Crippen molar-refractivity contribution in [1.29, 1.82) is 0 Å². The fourth-order valence-electron chi connectivity index (χ4n) is 1.08. The largest absolute Gasteiger partial charge is 0.391 e. The molecule has 104 valence electrons. The summed E-state index contributed by atoms with van der Waals surface area (Å²) in [5.41, 5.74) is -0.404. The second kappa shape index (κ2) is 5.64. The number of halogens is 2. The number of rotatable bonds is 4. The molecular formula is C10H15Cl2NO3S2. The summed E-state index contributed by atoms with van der Waals surface area (Å²) in [7, 11) is -3.74. The van der Waals surface area contributed by atoms with E-state index < -0.39 is 21.5 Å². The molecule has 1 rings (SSSR count). The summed E-state index contributed by atoms with van der Waals surface area (Å²) >= 11 is 12.5. The fraction of sp³-hybridized carbons (Fsp3) is 0.600. The van der Waals surface area contributed by atoms with Gasteiger partial charge in [-0.1, -0.05) is 44.0 Å². The van der Waals surface area contributed by atoms with E-state index in [1.807, 2.05) is 20.8 Å². The second-order valence-corrected chi connectivity index (χ2v) is 8.94. The van der Waals surface area contributed by atoms with Gasteiger partial charge in [0.25, 0.3) is 0 Å². The molecule has 0 spiro atoms. The van der Waals surface area contributed by atoms with Crippen LogP contribution in [0.25, 0.3) is 0 Å². The van der Waals surface area contributed by atoms with E-state index in [9.17, 15) is 13.5 Å². The molecule has 1 atom stereocenters. The lowest BCUT2D eigenvalue weighted by Gasteiger charge is -2.25. The quantitative estimate of drug-likeness (QED) is 0.891. The van der Waals surface area contributed by atoms with Gasteiger partial charge in [0.15, 0.2) is 0 Å². The zero-order chi connectivity index (χ0) is 14.1. The molecule has 0 fully saturated rings. The van der Waals surface area contributed by atoms with E-state index in [4.69, 9.17) is 23.2 Å². The van der Waals surface area contributed by atoms with Crippen LogP contribution in [0.3, 0.4) is 0 Å². The lowest BCUT2D eigenvalue weighted by atomic mass is 9.89. The van der Waals surface area contributed by atoms with Crippen molar-refractivity contribution in [3.63, 3.8) is 0 Å². The van der Waals surface area contributed by atoms with Crippen molar-refractivity contribution >= 4 is 44.6 Å². The molecule has 4 nitrogen and oxygen atoms in total. The summed E-state index contributed by atoms with van der Waals surface area (Å²) in [4.78, 5) is -0.0553. The molecule has 1 unspecified atom stereocenters. The van der Waals surface area contributed by atoms with E-state index in [1.165, 1.54) is 6.07 Å². The van der Waals surface area contributed by atoms with Crippen LogP contribution in [0.15, 0.2) is 11.0 Å². The molecule has 0 amide bonds. The van der Waals surface area contributed by atoms with Gasteiger partial charge < -0.3 is 5.11 Å². The average molecular weight is 332 g/mol. The van der Waals surface area contributed by atoms with Gasteiger partial charge in [0.2, 0.25) is 10.0 Å². The highest BCUT2D eigenvalue weighted by Crippen LogP contribution is 2.34. The Morgan fingerprint density at radius 3 is 2.39 bits per heavy atom. The van der Waals surface area contributed by atoms with Crippen LogP contribution >= 0.6 is 34.5 Å². The van der Waals surface area contributed by atoms with Crippen LogP contribution in [-0.2, 0) is 10.0 Å². The Labute approximate surface area is 121 Å². The third-order valence-electron chi connectivity index (χ3n) is 2.38. The highest BCUT2D eigenvalue weighted by atomic mass is 35.5. The minimum Gasteiger partial charge on any atom is -0.391 e. The van der Waals surface area contributed by atoms with Crippen molar-refractivity contribution in [2.45, 2.75) is 31.8 Å². The molecule has 1 aromatic heterocycles. The van der Waals surface area contributed by atoms with Crippen molar-refractivity contribution in [3.8, 4) is 0 Å². The fourth-order valence-corrected chi connectivity index (χ4v) is 4.27. The monoisotopic (exact) mass is 331 g/mol. The SMILES string of the molecule is CC(C)(C)C(O)CNS(=O)(=O)c1cc(Cl)sc1Cl. The number of aliphatic hydroxyl groups is 1. The highest BCUT2D eigenvalue weighted by Gasteiger charge is 2.26. The molecule has 0 aliphatic carbocycles. The zero-order valence-electron chi connectivity index (χ0n) is 10.2. The third-order valence-corrected chi connectivity index (χ3v) is 5.56. The van der Waals surface area contributed by atoms with Crippen LogP contribution in [-0.4, -0.2) is 26.2 Å². The topological polar surface area (TPSA) is 66.4 Å². The molecule has 0 aromatic carbocycles. The molecule has 1 heterocycles. The maximum absolute atomic E-state index is 11.9. The number of nitrogens with one attached hydrogen (secondary N) is 1. The predicted molar refractivity (Wildman–Crippen MR) is 75.0 cm³/mol. The van der Waals surface area contributed by atoms with Gasteiger partial charge in [0.05, 0.1) is 10.4 Å². The van der Waals surface area contributed by atoms with Crippen LogP contribution < -0.4 is 4.72 Å². The molecule has 1 aromatic rings. The highest BCUT2D eigenvalue weighted by molar-refractivity contribution is 7.89. The Hall–Kier alpha value is 0.150. The molecule has 0 saturated heterocycles. The van der Waals surface area contributed by atoms with Gasteiger partial charge in [-0.15, -0.1) is 11.3 Å². The Bertz CT molecular complexity index is 520. The summed E-state index contributed by atoms with van der Waals surface area (Å²) in [6.07, 6.45) is -0.792. The van der Waals surface area contributed by atoms with Crippen molar-refractivity contribution in [2.24, 2.45) is 5.41 Å². The normalized spacial score (nSPS) is 14.8. The van der Waals surface area contributed by atoms with Crippen molar-refractivity contribution in [3.05, 3.63) is 14.7 Å². The first kappa shape index (κ1) is 16.2. The third kappa shape index (κ3) is 4.08. The minimum absolute atomic E-state index is 0.0553. The molecule has 0 aliphatic rings. The number of sulfonamides is 1. The molecule has 0 radical (unpaired) electrons. The van der Waals surface area contributed by atoms with Gasteiger partial charge >= 0.3 is 0 Å². The molecule has 2 N–H and O–H groups in total. The Kier molecular flexibility index (Phi) is 5.08. The van der Waals surface area contributed by atoms with E-state index in [2.05, 4.69) is 4.72 Å². The number of aliphatic hydroxyl groups excluding tert-OH is 1. The Morgan fingerprint density at radius 2 is 2.00 bits per heavy atom. The molecule has 0 saturated carbocycles. The lowest BCUT2D eigenvalue weighted by Crippen LogP contribution is -2.39. The van der Waals surface area contributed by atoms with E-state index in [-0.39, 0.29) is 15.8 Å². The lowest BCUT2D eigenvalue weighted by molar-refractivity contribution is 0.0677. The van der Waals surface area contributed by atoms with Gasteiger partial charge in [-0.3, -0.25) is 0 Å². The van der Waals surface area contributed by atoms with Crippen LogP contribution in [0.5, 0.6) is 0 Å². The zero-order valence-corrected chi connectivity index (χ0v) is 13.3. The molecular weight excluding hydrogens is 317 g/mol. The Balaban J connectivity index is 2.81. The molecule has 0 aliphatic heterocycles. The number of thiophene rings is 1. The summed E-state index contributed by atoms with van der Waals surface area (Å²) in [6, 6.07) is 1.29. The first-order chi connectivity index (χ1) is 8.04. The van der Waals surface area contributed by atoms with Gasteiger partial charge in [-0.05, 0) is 11.5 Å². The molecule has 18 heavy (non-hydrogen) atoms. The van der Waals surface area contributed by atoms with E-state index in [1.54, 1.807) is 0 Å². The van der Waals surface area contributed by atoms with Gasteiger partial charge in [-0.2, -0.15) is 0 Å². The second-order valence-electron chi connectivity index (χ2n) is 4.92. The standard InChI is InChI=1S/C10H15Cl2NO3S2/c1-10(2,3)7(14)5-13-18(15,16)6-4-8(11)17-9(6)12/h4,7,13-14H,5H2,1-3H3. The minimum atomic E-state index is -3.74. The summed E-state index contributed by atoms with van der Waals surface area (Å²) in [6.45, 7) is 5.39. The number of hydrogen-bond acceptors (Lipinski definition) is 4. The molecule has 8 heteroatoms. The van der Waals surface area contributed by atoms with Crippen molar-refractivity contribution < 1.29 is 13.5 Å². The van der Waals surface area contributed by atoms with Crippen LogP contribution in [0.4, 0.5) is 0 Å². The van der Waals surface area contributed by atoms with Crippen LogP contribution in [0, 0.1) is 5.41 Å². The average Bonchev–Trinajstić information content (AvgIpc) is 2.53. The van der Waals surface area contributed by atoms with Crippen LogP contribution in [0.2, 0.25) is 8.67 Å². The number of hydrogen-bond donors (Lipinski definition) is 2. The van der Waals surface area contributed by atoms with E-state index in [0.29, 0.717) is 4.34 Å². The summed E-state index contributed by atoms with van der Waals surface area (Å²) in [5.74, 6) is 0. The maximum atomic E-state index is 11.9. The van der Waals surface area contributed by atoms with Crippen molar-refractivity contribution in [2.75, 3.05) is 6.54 Å². The summed E-state index contributed by atoms with van der Waals surface area (Å²) < 4.78 is 26.6. The van der Waals surface area contributed by atoms with Crippen LogP contribution in [0.1, 0.15) is 20.8 Å². The first-order valence-corrected chi connectivity index (χ1v) is 8.22.